The fraction of sp³-hybridized carbons (Fsp3) is 0.222. The molecule has 0 amide bonds. The Hall–Kier alpha value is -0.570. The van der Waals surface area contributed by atoms with Crippen molar-refractivity contribution >= 4 is 29.0 Å². The van der Waals surface area contributed by atoms with Gasteiger partial charge < -0.3 is 5.11 Å². The molecular weight excluding hydrogens is 211 g/mol. The van der Waals surface area contributed by atoms with Gasteiger partial charge in [0.25, 0.3) is 0 Å². The van der Waals surface area contributed by atoms with E-state index in [1.54, 1.807) is 6.07 Å². The van der Waals surface area contributed by atoms with Crippen molar-refractivity contribution in [2.45, 2.75) is 13.0 Å². The molecule has 13 heavy (non-hydrogen) atoms. The van der Waals surface area contributed by atoms with Gasteiger partial charge in [0.2, 0.25) is 0 Å². The predicted octanol–water partition coefficient (Wildman–Crippen LogP) is 2.62. The highest BCUT2D eigenvalue weighted by molar-refractivity contribution is 6.35. The molecule has 0 aliphatic heterocycles. The first-order valence-electron chi connectivity index (χ1n) is 3.66. The summed E-state index contributed by atoms with van der Waals surface area (Å²) >= 11 is 11.4. The minimum atomic E-state index is -1.16. The normalized spacial score (nSPS) is 12.6. The highest BCUT2D eigenvalue weighted by Gasteiger charge is 2.15. The summed E-state index contributed by atoms with van der Waals surface area (Å²) in [6, 6.07) is 4.61. The molecule has 0 saturated carbocycles. The lowest BCUT2D eigenvalue weighted by atomic mass is 10.1. The smallest absolute Gasteiger partial charge is 0.162 e. The molecule has 0 aromatic heterocycles. The summed E-state index contributed by atoms with van der Waals surface area (Å²) in [7, 11) is 0. The molecule has 1 atom stereocenters. The minimum Gasteiger partial charge on any atom is -0.381 e. The summed E-state index contributed by atoms with van der Waals surface area (Å²) in [6.07, 6.45) is -1.16. The molecular formula is C9H8Cl2O2. The molecule has 1 aromatic carbocycles. The van der Waals surface area contributed by atoms with E-state index in [-0.39, 0.29) is 5.78 Å². The molecule has 0 fully saturated rings. The van der Waals surface area contributed by atoms with Gasteiger partial charge in [-0.25, -0.2) is 0 Å². The summed E-state index contributed by atoms with van der Waals surface area (Å²) < 4.78 is 0. The van der Waals surface area contributed by atoms with Crippen LogP contribution in [-0.2, 0) is 4.79 Å². The van der Waals surface area contributed by atoms with Crippen LogP contribution in [0.2, 0.25) is 10.0 Å². The van der Waals surface area contributed by atoms with E-state index in [1.165, 1.54) is 19.1 Å². The number of hydrogen-bond acceptors (Lipinski definition) is 2. The van der Waals surface area contributed by atoms with Gasteiger partial charge in [0.05, 0.1) is 0 Å². The summed E-state index contributed by atoms with van der Waals surface area (Å²) in [6.45, 7) is 1.30. The van der Waals surface area contributed by atoms with E-state index in [4.69, 9.17) is 23.2 Å². The Morgan fingerprint density at radius 1 is 1.46 bits per heavy atom. The van der Waals surface area contributed by atoms with E-state index in [0.29, 0.717) is 15.6 Å². The van der Waals surface area contributed by atoms with Gasteiger partial charge in [-0.2, -0.15) is 0 Å². The summed E-state index contributed by atoms with van der Waals surface area (Å²) in [5, 5.41) is 10.2. The van der Waals surface area contributed by atoms with Crippen LogP contribution in [0.3, 0.4) is 0 Å². The summed E-state index contributed by atoms with van der Waals surface area (Å²) in [5.41, 5.74) is 0.388. The van der Waals surface area contributed by atoms with Crippen LogP contribution >= 0.6 is 23.2 Å². The van der Waals surface area contributed by atoms with Crippen LogP contribution in [0.5, 0.6) is 0 Å². The van der Waals surface area contributed by atoms with Gasteiger partial charge in [-0.05, 0) is 19.1 Å². The summed E-state index contributed by atoms with van der Waals surface area (Å²) in [5.74, 6) is -0.343. The SMILES string of the molecule is CC(=O)[C@@H](O)c1ccc(Cl)cc1Cl. The Balaban J connectivity index is 3.08. The Kier molecular flexibility index (Phi) is 3.31. The highest BCUT2D eigenvalue weighted by atomic mass is 35.5. The van der Waals surface area contributed by atoms with Gasteiger partial charge in [-0.3, -0.25) is 4.79 Å². The van der Waals surface area contributed by atoms with E-state index >= 15 is 0 Å². The number of Topliss-reactive ketones (excluding diaryl/α,β-unsaturated/α-hetero) is 1. The largest absolute Gasteiger partial charge is 0.381 e. The fourth-order valence-electron chi connectivity index (χ4n) is 0.942. The van der Waals surface area contributed by atoms with E-state index in [9.17, 15) is 9.90 Å². The average molecular weight is 219 g/mol. The molecule has 0 unspecified atom stereocenters. The summed E-state index contributed by atoms with van der Waals surface area (Å²) in [4.78, 5) is 10.8. The number of benzene rings is 1. The second kappa shape index (κ2) is 4.09. The Morgan fingerprint density at radius 3 is 2.54 bits per heavy atom. The third-order valence-corrected chi connectivity index (χ3v) is 2.20. The van der Waals surface area contributed by atoms with Crippen molar-refractivity contribution in [1.29, 1.82) is 0 Å². The molecule has 0 bridgehead atoms. The van der Waals surface area contributed by atoms with Gasteiger partial charge in [0, 0.05) is 15.6 Å². The molecule has 0 spiro atoms. The molecule has 70 valence electrons. The van der Waals surface area contributed by atoms with Crippen molar-refractivity contribution in [1.82, 2.24) is 0 Å². The van der Waals surface area contributed by atoms with Crippen LogP contribution in [0.1, 0.15) is 18.6 Å². The van der Waals surface area contributed by atoms with Crippen molar-refractivity contribution in [3.8, 4) is 0 Å². The van der Waals surface area contributed by atoms with Crippen LogP contribution < -0.4 is 0 Å². The third-order valence-electron chi connectivity index (χ3n) is 1.64. The molecule has 0 heterocycles. The molecule has 2 nitrogen and oxygen atoms in total. The van der Waals surface area contributed by atoms with E-state index in [2.05, 4.69) is 0 Å². The monoisotopic (exact) mass is 218 g/mol. The minimum absolute atomic E-state index is 0.301. The lowest BCUT2D eigenvalue weighted by molar-refractivity contribution is -0.125. The molecule has 0 aliphatic carbocycles. The van der Waals surface area contributed by atoms with Gasteiger partial charge in [0.1, 0.15) is 6.10 Å². The third kappa shape index (κ3) is 2.44. The first kappa shape index (κ1) is 10.5. The van der Waals surface area contributed by atoms with Crippen molar-refractivity contribution in [2.24, 2.45) is 0 Å². The van der Waals surface area contributed by atoms with Gasteiger partial charge >= 0.3 is 0 Å². The number of rotatable bonds is 2. The van der Waals surface area contributed by atoms with Crippen LogP contribution in [0, 0.1) is 0 Å². The Bertz CT molecular complexity index is 336. The molecule has 1 rings (SSSR count). The predicted molar refractivity (Wildman–Crippen MR) is 52.1 cm³/mol. The number of aliphatic hydroxyl groups is 1. The van der Waals surface area contributed by atoms with E-state index in [1.807, 2.05) is 0 Å². The van der Waals surface area contributed by atoms with Gasteiger partial charge in [0.15, 0.2) is 5.78 Å². The van der Waals surface area contributed by atoms with Crippen LogP contribution in [-0.4, -0.2) is 10.9 Å². The lowest BCUT2D eigenvalue weighted by Crippen LogP contribution is -2.07. The Labute approximate surface area is 86.1 Å². The number of aliphatic hydroxyl groups excluding tert-OH is 1. The Morgan fingerprint density at radius 2 is 2.08 bits per heavy atom. The molecule has 4 heteroatoms. The molecule has 1 N–H and O–H groups in total. The molecule has 0 aliphatic rings. The second-order valence-corrected chi connectivity index (χ2v) is 3.52. The van der Waals surface area contributed by atoms with Crippen molar-refractivity contribution in [3.05, 3.63) is 33.8 Å². The standard InChI is InChI=1S/C9H8Cl2O2/c1-5(12)9(13)7-3-2-6(10)4-8(7)11/h2-4,9,13H,1H3/t9-/m1/s1. The lowest BCUT2D eigenvalue weighted by Gasteiger charge is -2.08. The zero-order chi connectivity index (χ0) is 10.0. The van der Waals surface area contributed by atoms with E-state index in [0.717, 1.165) is 0 Å². The van der Waals surface area contributed by atoms with Crippen LogP contribution in [0.15, 0.2) is 18.2 Å². The first-order valence-corrected chi connectivity index (χ1v) is 4.41. The number of carbonyl (C=O) groups excluding carboxylic acids is 1. The average Bonchev–Trinajstić information content (AvgIpc) is 2.03. The maximum absolute atomic E-state index is 10.8. The number of halogens is 2. The van der Waals surface area contributed by atoms with Crippen molar-refractivity contribution < 1.29 is 9.90 Å². The fourth-order valence-corrected chi connectivity index (χ4v) is 1.45. The number of hydrogen-bond donors (Lipinski definition) is 1. The van der Waals surface area contributed by atoms with Crippen molar-refractivity contribution in [3.63, 3.8) is 0 Å². The van der Waals surface area contributed by atoms with Crippen LogP contribution in [0.4, 0.5) is 0 Å². The zero-order valence-electron chi connectivity index (χ0n) is 6.92. The van der Waals surface area contributed by atoms with Gasteiger partial charge in [-0.15, -0.1) is 0 Å². The number of ketones is 1. The van der Waals surface area contributed by atoms with Gasteiger partial charge in [-0.1, -0.05) is 29.3 Å². The van der Waals surface area contributed by atoms with Crippen LogP contribution in [0.25, 0.3) is 0 Å². The number of carbonyl (C=O) groups is 1. The maximum Gasteiger partial charge on any atom is 0.162 e. The second-order valence-electron chi connectivity index (χ2n) is 2.68. The molecule has 0 saturated heterocycles. The quantitative estimate of drug-likeness (QED) is 0.829. The molecule has 0 radical (unpaired) electrons. The highest BCUT2D eigenvalue weighted by Crippen LogP contribution is 2.26. The zero-order valence-corrected chi connectivity index (χ0v) is 8.43. The molecule has 1 aromatic rings. The topological polar surface area (TPSA) is 37.3 Å². The first-order chi connectivity index (χ1) is 6.02. The van der Waals surface area contributed by atoms with Crippen molar-refractivity contribution in [2.75, 3.05) is 0 Å². The van der Waals surface area contributed by atoms with E-state index < -0.39 is 6.10 Å². The maximum atomic E-state index is 10.8.